The van der Waals surface area contributed by atoms with E-state index in [1.165, 1.54) is 18.2 Å². The van der Waals surface area contributed by atoms with Gasteiger partial charge in [-0.25, -0.2) is 9.18 Å². The number of carbonyl (C=O) groups is 2. The molecule has 0 atom stereocenters. The summed E-state index contributed by atoms with van der Waals surface area (Å²) in [6.45, 7) is 0. The van der Waals surface area contributed by atoms with E-state index in [1.54, 1.807) is 0 Å². The van der Waals surface area contributed by atoms with E-state index in [1.807, 2.05) is 0 Å². The third-order valence-corrected chi connectivity index (χ3v) is 3.86. The lowest BCUT2D eigenvalue weighted by atomic mass is 10.1. The van der Waals surface area contributed by atoms with Crippen molar-refractivity contribution in [2.45, 2.75) is 0 Å². The largest absolute Gasteiger partial charge is 0.478 e. The van der Waals surface area contributed by atoms with Crippen LogP contribution in [0.2, 0.25) is 5.02 Å². The van der Waals surface area contributed by atoms with E-state index < -0.39 is 17.7 Å². The lowest BCUT2D eigenvalue weighted by molar-refractivity contribution is 0.0696. The third kappa shape index (κ3) is 3.59. The van der Waals surface area contributed by atoms with Gasteiger partial charge in [-0.05, 0) is 52.3 Å². The second kappa shape index (κ2) is 6.24. The maximum atomic E-state index is 13.6. The van der Waals surface area contributed by atoms with E-state index in [2.05, 4.69) is 21.2 Å². The first-order valence-corrected chi connectivity index (χ1v) is 6.85. The molecule has 2 aromatic carbocycles. The maximum absolute atomic E-state index is 13.6. The number of nitrogens with one attached hydrogen (secondary N) is 1. The van der Waals surface area contributed by atoms with Crippen LogP contribution in [0, 0.1) is 5.82 Å². The summed E-state index contributed by atoms with van der Waals surface area (Å²) in [5, 5.41) is 11.6. The fraction of sp³-hybridized carbons (Fsp3) is 0. The highest BCUT2D eigenvalue weighted by Gasteiger charge is 2.13. The smallest absolute Gasteiger partial charge is 0.335 e. The summed E-state index contributed by atoms with van der Waals surface area (Å²) < 4.78 is 14.1. The van der Waals surface area contributed by atoms with Crippen molar-refractivity contribution < 1.29 is 19.1 Å². The van der Waals surface area contributed by atoms with Gasteiger partial charge in [0.2, 0.25) is 0 Å². The molecule has 0 spiro atoms. The molecule has 0 aliphatic carbocycles. The number of rotatable bonds is 3. The molecule has 2 rings (SSSR count). The van der Waals surface area contributed by atoms with Gasteiger partial charge in [0.05, 0.1) is 16.3 Å². The van der Waals surface area contributed by atoms with Crippen molar-refractivity contribution in [2.24, 2.45) is 0 Å². The highest BCUT2D eigenvalue weighted by atomic mass is 79.9. The van der Waals surface area contributed by atoms with Gasteiger partial charge in [0, 0.05) is 10.0 Å². The summed E-state index contributed by atoms with van der Waals surface area (Å²) in [6.07, 6.45) is 0. The molecule has 2 aromatic rings. The zero-order valence-electron chi connectivity index (χ0n) is 10.4. The van der Waals surface area contributed by atoms with Crippen LogP contribution in [-0.2, 0) is 0 Å². The van der Waals surface area contributed by atoms with Gasteiger partial charge in [-0.2, -0.15) is 0 Å². The maximum Gasteiger partial charge on any atom is 0.335 e. The Bertz CT molecular complexity index is 736. The predicted octanol–water partition coefficient (Wildman–Crippen LogP) is 4.19. The van der Waals surface area contributed by atoms with E-state index >= 15 is 0 Å². The quantitative estimate of drug-likeness (QED) is 0.849. The molecule has 0 radical (unpaired) electrons. The van der Waals surface area contributed by atoms with Crippen LogP contribution in [0.1, 0.15) is 20.7 Å². The van der Waals surface area contributed by atoms with Crippen LogP contribution in [-0.4, -0.2) is 17.0 Å². The van der Waals surface area contributed by atoms with Crippen LogP contribution in [0.5, 0.6) is 0 Å². The summed E-state index contributed by atoms with van der Waals surface area (Å²) in [4.78, 5) is 22.9. The van der Waals surface area contributed by atoms with Crippen molar-refractivity contribution >= 4 is 45.1 Å². The Morgan fingerprint density at radius 2 is 1.81 bits per heavy atom. The second-order valence-electron chi connectivity index (χ2n) is 4.08. The molecule has 0 saturated carbocycles. The van der Waals surface area contributed by atoms with Crippen LogP contribution < -0.4 is 5.32 Å². The number of hydrogen-bond acceptors (Lipinski definition) is 2. The van der Waals surface area contributed by atoms with Crippen molar-refractivity contribution in [1.82, 2.24) is 0 Å². The van der Waals surface area contributed by atoms with Gasteiger partial charge in [-0.3, -0.25) is 4.79 Å². The summed E-state index contributed by atoms with van der Waals surface area (Å²) in [6, 6.07) is 7.63. The van der Waals surface area contributed by atoms with E-state index in [0.717, 1.165) is 18.2 Å². The van der Waals surface area contributed by atoms with Gasteiger partial charge < -0.3 is 10.4 Å². The molecule has 0 aromatic heterocycles. The highest BCUT2D eigenvalue weighted by Crippen LogP contribution is 2.24. The minimum atomic E-state index is -1.21. The average molecular weight is 373 g/mol. The van der Waals surface area contributed by atoms with Crippen LogP contribution in [0.15, 0.2) is 40.9 Å². The van der Waals surface area contributed by atoms with Crippen molar-refractivity contribution in [3.8, 4) is 0 Å². The SMILES string of the molecule is O=C(O)c1ccc(F)c(NC(=O)c2ccc(Cl)c(Br)c2)c1. The van der Waals surface area contributed by atoms with Gasteiger partial charge in [-0.1, -0.05) is 11.6 Å². The number of carboxylic acid groups (broad SMARTS) is 1. The molecule has 108 valence electrons. The Labute approximate surface area is 132 Å². The Morgan fingerprint density at radius 3 is 2.43 bits per heavy atom. The van der Waals surface area contributed by atoms with Crippen LogP contribution in [0.3, 0.4) is 0 Å². The lowest BCUT2D eigenvalue weighted by Gasteiger charge is -2.08. The van der Waals surface area contributed by atoms with E-state index in [4.69, 9.17) is 16.7 Å². The Hall–Kier alpha value is -1.92. The molecule has 0 aliphatic heterocycles. The molecule has 21 heavy (non-hydrogen) atoms. The summed E-state index contributed by atoms with van der Waals surface area (Å²) in [5.74, 6) is -2.50. The molecule has 0 heterocycles. The fourth-order valence-corrected chi connectivity index (χ4v) is 2.08. The lowest BCUT2D eigenvalue weighted by Crippen LogP contribution is -2.13. The number of benzene rings is 2. The topological polar surface area (TPSA) is 66.4 Å². The summed E-state index contributed by atoms with van der Waals surface area (Å²) in [7, 11) is 0. The molecule has 0 unspecified atom stereocenters. The Morgan fingerprint density at radius 1 is 1.14 bits per heavy atom. The van der Waals surface area contributed by atoms with Crippen LogP contribution in [0.25, 0.3) is 0 Å². The molecule has 0 bridgehead atoms. The first-order chi connectivity index (χ1) is 9.88. The van der Waals surface area contributed by atoms with Crippen molar-refractivity contribution in [1.29, 1.82) is 0 Å². The Kier molecular flexibility index (Phi) is 4.59. The van der Waals surface area contributed by atoms with E-state index in [0.29, 0.717) is 9.50 Å². The molecule has 0 fully saturated rings. The number of anilines is 1. The average Bonchev–Trinajstić information content (AvgIpc) is 2.43. The molecular formula is C14H8BrClFNO3. The molecule has 2 N–H and O–H groups in total. The van der Waals surface area contributed by atoms with Gasteiger partial charge in [0.25, 0.3) is 5.91 Å². The molecule has 0 saturated heterocycles. The molecule has 0 aliphatic rings. The molecule has 7 heteroatoms. The minimum absolute atomic E-state index is 0.121. The number of carboxylic acids is 1. The van der Waals surface area contributed by atoms with Crippen molar-refractivity contribution in [3.63, 3.8) is 0 Å². The predicted molar refractivity (Wildman–Crippen MR) is 80.5 cm³/mol. The van der Waals surface area contributed by atoms with E-state index in [9.17, 15) is 14.0 Å². The van der Waals surface area contributed by atoms with Gasteiger partial charge in [0.1, 0.15) is 5.82 Å². The van der Waals surface area contributed by atoms with Gasteiger partial charge in [-0.15, -0.1) is 0 Å². The summed E-state index contributed by atoms with van der Waals surface area (Å²) in [5.41, 5.74) is -0.0682. The van der Waals surface area contributed by atoms with Crippen LogP contribution >= 0.6 is 27.5 Å². The van der Waals surface area contributed by atoms with Gasteiger partial charge >= 0.3 is 5.97 Å². The third-order valence-electron chi connectivity index (χ3n) is 2.64. The monoisotopic (exact) mass is 371 g/mol. The molecule has 4 nitrogen and oxygen atoms in total. The number of carbonyl (C=O) groups excluding carboxylic acids is 1. The number of hydrogen-bond donors (Lipinski definition) is 2. The number of halogens is 3. The standard InChI is InChI=1S/C14H8BrClFNO3/c15-9-5-7(1-3-10(9)16)13(19)18-12-6-8(14(20)21)2-4-11(12)17/h1-6H,(H,18,19)(H,20,21). The van der Waals surface area contributed by atoms with Crippen molar-refractivity contribution in [3.05, 3.63) is 62.8 Å². The first kappa shape index (κ1) is 15.5. The zero-order valence-corrected chi connectivity index (χ0v) is 12.7. The van der Waals surface area contributed by atoms with Crippen molar-refractivity contribution in [2.75, 3.05) is 5.32 Å². The second-order valence-corrected chi connectivity index (χ2v) is 5.34. The minimum Gasteiger partial charge on any atom is -0.478 e. The Balaban J connectivity index is 2.28. The van der Waals surface area contributed by atoms with Gasteiger partial charge in [0.15, 0.2) is 0 Å². The number of aromatic carboxylic acids is 1. The number of amides is 1. The summed E-state index contributed by atoms with van der Waals surface area (Å²) >= 11 is 9.00. The fourth-order valence-electron chi connectivity index (χ4n) is 1.59. The van der Waals surface area contributed by atoms with Crippen LogP contribution in [0.4, 0.5) is 10.1 Å². The first-order valence-electron chi connectivity index (χ1n) is 5.67. The zero-order chi connectivity index (χ0) is 15.6. The molecule has 1 amide bonds. The molecular weight excluding hydrogens is 365 g/mol. The normalized spacial score (nSPS) is 10.2. The van der Waals surface area contributed by atoms with E-state index in [-0.39, 0.29) is 16.8 Å². The highest BCUT2D eigenvalue weighted by molar-refractivity contribution is 9.10.